The van der Waals surface area contributed by atoms with E-state index in [1.165, 1.54) is 44.1 Å². The highest BCUT2D eigenvalue weighted by Gasteiger charge is 2.53. The zero-order chi connectivity index (χ0) is 37.7. The van der Waals surface area contributed by atoms with Crippen LogP contribution in [0.4, 0.5) is 42.9 Å². The van der Waals surface area contributed by atoms with Crippen LogP contribution in [0, 0.1) is 18.6 Å². The molecule has 0 N–H and O–H groups in total. The maximum atomic E-state index is 15.8. The Labute approximate surface area is 327 Å². The van der Waals surface area contributed by atoms with Crippen LogP contribution in [-0.4, -0.2) is 14.8 Å². The summed E-state index contributed by atoms with van der Waals surface area (Å²) in [5, 5.41) is 4.13. The van der Waals surface area contributed by atoms with Crippen LogP contribution >= 0.6 is 0 Å². The Morgan fingerprint density at radius 3 is 1.30 bits per heavy atom. The van der Waals surface area contributed by atoms with E-state index in [1.54, 1.807) is 12.1 Å². The van der Waals surface area contributed by atoms with Crippen molar-refractivity contribution in [3.05, 3.63) is 193 Å². The van der Waals surface area contributed by atoms with Crippen LogP contribution in [0.1, 0.15) is 5.56 Å². The zero-order valence-corrected chi connectivity index (χ0v) is 32.0. The summed E-state index contributed by atoms with van der Waals surface area (Å²) in [6, 6.07) is 59.8. The first-order valence-electron chi connectivity index (χ1n) is 19.2. The number of rotatable bonds is 5. The number of hydrogen-bond acceptors (Lipinski definition) is 2. The molecule has 3 heterocycles. The maximum Gasteiger partial charge on any atom is 0.251 e. The molecule has 0 aliphatic carbocycles. The van der Waals surface area contributed by atoms with Gasteiger partial charge in [-0.1, -0.05) is 144 Å². The van der Waals surface area contributed by atoms with E-state index in [-0.39, 0.29) is 18.3 Å². The normalized spacial score (nSPS) is 14.1. The molecular formula is C50H35BF2N2Si. The van der Waals surface area contributed by atoms with Crippen LogP contribution < -0.4 is 41.7 Å². The lowest BCUT2D eigenvalue weighted by atomic mass is 9.33. The van der Waals surface area contributed by atoms with E-state index in [2.05, 4.69) is 126 Å². The fourth-order valence-electron chi connectivity index (χ4n) is 9.99. The quantitative estimate of drug-likeness (QED) is 0.163. The number of aryl methyl sites for hydroxylation is 1. The summed E-state index contributed by atoms with van der Waals surface area (Å²) in [5.41, 5.74) is 13.9. The number of halogens is 2. The SMILES string of the molecule is Cc1cc2c3c(c1)N(c1ccccc1-c1ccccc1F)c1cccc4c1B3c1c(cccc1[Si]4(C)c1ccccc1)N2c1ccccc1-c1ccccc1F. The van der Waals surface area contributed by atoms with Crippen molar-refractivity contribution in [1.29, 1.82) is 0 Å². The minimum Gasteiger partial charge on any atom is -0.311 e. The third kappa shape index (κ3) is 4.48. The molecule has 0 atom stereocenters. The summed E-state index contributed by atoms with van der Waals surface area (Å²) < 4.78 is 31.6. The van der Waals surface area contributed by atoms with Gasteiger partial charge in [0.25, 0.3) is 6.71 Å². The van der Waals surface area contributed by atoms with Crippen LogP contribution in [0.5, 0.6) is 0 Å². The average Bonchev–Trinajstić information content (AvgIpc) is 3.23. The van der Waals surface area contributed by atoms with Crippen LogP contribution in [-0.2, 0) is 0 Å². The molecule has 3 aliphatic rings. The second-order valence-electron chi connectivity index (χ2n) is 15.3. The number of anilines is 6. The first-order chi connectivity index (χ1) is 27.4. The minimum absolute atomic E-state index is 0.0453. The van der Waals surface area contributed by atoms with Crippen molar-refractivity contribution in [3.8, 4) is 22.3 Å². The molecule has 11 rings (SSSR count). The number of para-hydroxylation sites is 2. The fourth-order valence-corrected chi connectivity index (χ4v) is 14.2. The van der Waals surface area contributed by atoms with Gasteiger partial charge in [0, 0.05) is 45.0 Å². The lowest BCUT2D eigenvalue weighted by Crippen LogP contribution is -2.83. The molecule has 0 unspecified atom stereocenters. The maximum absolute atomic E-state index is 15.8. The molecule has 0 radical (unpaired) electrons. The first kappa shape index (κ1) is 32.9. The van der Waals surface area contributed by atoms with Crippen molar-refractivity contribution in [2.24, 2.45) is 0 Å². The molecule has 3 aliphatic heterocycles. The Kier molecular flexibility index (Phi) is 7.20. The predicted molar refractivity (Wildman–Crippen MR) is 233 cm³/mol. The lowest BCUT2D eigenvalue weighted by molar-refractivity contribution is 0.631. The van der Waals surface area contributed by atoms with Gasteiger partial charge in [-0.15, -0.1) is 0 Å². The van der Waals surface area contributed by atoms with Crippen LogP contribution in [0.2, 0.25) is 6.55 Å². The van der Waals surface area contributed by atoms with Crippen molar-refractivity contribution in [2.75, 3.05) is 9.80 Å². The Bertz CT molecular complexity index is 2740. The van der Waals surface area contributed by atoms with Crippen LogP contribution in [0.15, 0.2) is 176 Å². The van der Waals surface area contributed by atoms with Gasteiger partial charge in [0.15, 0.2) is 0 Å². The predicted octanol–water partition coefficient (Wildman–Crippen LogP) is 9.10. The molecule has 0 bridgehead atoms. The second kappa shape index (κ2) is 12.3. The molecule has 0 fully saturated rings. The van der Waals surface area contributed by atoms with E-state index in [0.717, 1.165) is 50.8 Å². The van der Waals surface area contributed by atoms with Gasteiger partial charge in [-0.05, 0) is 82.6 Å². The van der Waals surface area contributed by atoms with Gasteiger partial charge < -0.3 is 9.80 Å². The molecule has 56 heavy (non-hydrogen) atoms. The number of nitrogens with zero attached hydrogens (tertiary/aromatic N) is 2. The molecule has 0 aromatic heterocycles. The molecule has 0 amide bonds. The standard InChI is InChI=1S/C50H35BF2N2Si/c1-32-30-44-48-45(31-32)55(41-25-13-9-21-37(41)35-19-7-11-23-39(35)53)43-27-15-29-47-50(43)51(48)49-42(26-14-28-46(49)56(47,2)33-16-4-3-5-17-33)54(44)40-24-12-8-20-36(40)34-18-6-10-22-38(34)52/h3-31H,1-2H3. The largest absolute Gasteiger partial charge is 0.311 e. The molecular weight excluding hydrogens is 705 g/mol. The van der Waals surface area contributed by atoms with E-state index in [0.29, 0.717) is 11.1 Å². The van der Waals surface area contributed by atoms with Gasteiger partial charge in [-0.25, -0.2) is 8.78 Å². The molecule has 0 saturated carbocycles. The summed E-state index contributed by atoms with van der Waals surface area (Å²) in [5.74, 6) is -0.510. The van der Waals surface area contributed by atoms with Crippen molar-refractivity contribution in [3.63, 3.8) is 0 Å². The molecule has 266 valence electrons. The van der Waals surface area contributed by atoms with Gasteiger partial charge >= 0.3 is 0 Å². The minimum atomic E-state index is -2.65. The van der Waals surface area contributed by atoms with Crippen molar-refractivity contribution >= 4 is 80.9 Å². The highest BCUT2D eigenvalue weighted by Crippen LogP contribution is 2.49. The van der Waals surface area contributed by atoms with Crippen molar-refractivity contribution < 1.29 is 8.78 Å². The van der Waals surface area contributed by atoms with E-state index >= 15 is 8.78 Å². The highest BCUT2D eigenvalue weighted by molar-refractivity contribution is 7.21. The monoisotopic (exact) mass is 740 g/mol. The van der Waals surface area contributed by atoms with Gasteiger partial charge in [-0.2, -0.15) is 0 Å². The average molecular weight is 741 g/mol. The summed E-state index contributed by atoms with van der Waals surface area (Å²) in [7, 11) is -2.65. The molecule has 0 spiro atoms. The van der Waals surface area contributed by atoms with Gasteiger partial charge in [0.1, 0.15) is 19.7 Å². The lowest BCUT2D eigenvalue weighted by Gasteiger charge is -2.51. The zero-order valence-electron chi connectivity index (χ0n) is 31.0. The second-order valence-corrected chi connectivity index (χ2v) is 19.2. The third-order valence-corrected chi connectivity index (χ3v) is 16.8. The van der Waals surface area contributed by atoms with Crippen LogP contribution in [0.25, 0.3) is 22.3 Å². The Morgan fingerprint density at radius 1 is 0.411 bits per heavy atom. The molecule has 2 nitrogen and oxygen atoms in total. The number of benzene rings is 8. The fraction of sp³-hybridized carbons (Fsp3) is 0.0400. The molecule has 6 heteroatoms. The van der Waals surface area contributed by atoms with E-state index < -0.39 is 8.07 Å². The topological polar surface area (TPSA) is 6.48 Å². The molecule has 0 saturated heterocycles. The van der Waals surface area contributed by atoms with E-state index in [4.69, 9.17) is 0 Å². The van der Waals surface area contributed by atoms with Crippen LogP contribution in [0.3, 0.4) is 0 Å². The third-order valence-electron chi connectivity index (χ3n) is 12.3. The Balaban J connectivity index is 1.29. The van der Waals surface area contributed by atoms with Gasteiger partial charge in [0.05, 0.1) is 11.4 Å². The first-order valence-corrected chi connectivity index (χ1v) is 21.7. The summed E-state index contributed by atoms with van der Waals surface area (Å²) >= 11 is 0. The smallest absolute Gasteiger partial charge is 0.251 e. The highest BCUT2D eigenvalue weighted by atomic mass is 28.3. The van der Waals surface area contributed by atoms with E-state index in [1.807, 2.05) is 48.5 Å². The Hall–Kier alpha value is -6.50. The van der Waals surface area contributed by atoms with E-state index in [9.17, 15) is 0 Å². The van der Waals surface area contributed by atoms with Gasteiger partial charge in [-0.3, -0.25) is 0 Å². The molecule has 8 aromatic rings. The summed E-state index contributed by atoms with van der Waals surface area (Å²) in [4.78, 5) is 4.78. The molecule has 8 aromatic carbocycles. The summed E-state index contributed by atoms with van der Waals surface area (Å²) in [6.07, 6.45) is 0. The van der Waals surface area contributed by atoms with Gasteiger partial charge in [0.2, 0.25) is 0 Å². The Morgan fingerprint density at radius 2 is 0.821 bits per heavy atom. The van der Waals surface area contributed by atoms with Crippen molar-refractivity contribution in [2.45, 2.75) is 13.5 Å². The van der Waals surface area contributed by atoms with Crippen molar-refractivity contribution in [1.82, 2.24) is 0 Å². The number of hydrogen-bond donors (Lipinski definition) is 0. The summed E-state index contributed by atoms with van der Waals surface area (Å²) in [6.45, 7) is 4.60.